The van der Waals surface area contributed by atoms with Crippen LogP contribution in [0.15, 0.2) is 18.2 Å². The van der Waals surface area contributed by atoms with E-state index >= 15 is 0 Å². The molecule has 1 unspecified atom stereocenters. The van der Waals surface area contributed by atoms with E-state index in [1.54, 1.807) is 0 Å². The molecule has 0 radical (unpaired) electrons. The van der Waals surface area contributed by atoms with Crippen LogP contribution in [0.3, 0.4) is 0 Å². The van der Waals surface area contributed by atoms with E-state index in [0.29, 0.717) is 0 Å². The average molecular weight is 282 g/mol. The first-order valence-electron chi connectivity index (χ1n) is 6.19. The lowest BCUT2D eigenvalue weighted by molar-refractivity contribution is -0.138. The Labute approximate surface area is 117 Å². The van der Waals surface area contributed by atoms with Crippen molar-refractivity contribution in [2.24, 2.45) is 5.41 Å². The van der Waals surface area contributed by atoms with Crippen LogP contribution < -0.4 is 11.1 Å². The fourth-order valence-corrected chi connectivity index (χ4v) is 1.66. The summed E-state index contributed by atoms with van der Waals surface area (Å²) in [6, 6.07) is 3.17. The second kappa shape index (κ2) is 5.90. The number of halogens is 1. The lowest BCUT2D eigenvalue weighted by atomic mass is 9.84. The lowest BCUT2D eigenvalue weighted by Gasteiger charge is -2.30. The number of aliphatic carboxylic acids is 1. The minimum absolute atomic E-state index is 0.0422. The molecule has 0 heterocycles. The first-order valence-corrected chi connectivity index (χ1v) is 6.19. The van der Waals surface area contributed by atoms with E-state index < -0.39 is 29.2 Å². The van der Waals surface area contributed by atoms with Gasteiger partial charge in [0.15, 0.2) is 0 Å². The molecule has 0 spiro atoms. The first-order chi connectivity index (χ1) is 9.11. The van der Waals surface area contributed by atoms with Crippen molar-refractivity contribution in [3.8, 4) is 0 Å². The third kappa shape index (κ3) is 4.22. The third-order valence-corrected chi connectivity index (χ3v) is 2.99. The summed E-state index contributed by atoms with van der Waals surface area (Å²) < 4.78 is 13.3. The van der Waals surface area contributed by atoms with Gasteiger partial charge in [-0.15, -0.1) is 0 Å². The molecule has 1 rings (SSSR count). The first kappa shape index (κ1) is 15.9. The van der Waals surface area contributed by atoms with Gasteiger partial charge in [0.05, 0.1) is 12.1 Å². The van der Waals surface area contributed by atoms with Crippen LogP contribution >= 0.6 is 0 Å². The maximum absolute atomic E-state index is 13.3. The minimum atomic E-state index is -1.01. The van der Waals surface area contributed by atoms with E-state index in [1.807, 2.05) is 20.8 Å². The number of anilines is 1. The van der Waals surface area contributed by atoms with Gasteiger partial charge in [-0.3, -0.25) is 9.59 Å². The highest BCUT2D eigenvalue weighted by molar-refractivity contribution is 5.95. The standard InChI is InChI=1S/C14H19FN2O3/c1-14(2,3)11(7-12(18)19)17-13(20)8-4-5-10(16)9(15)6-8/h4-6,11H,7,16H2,1-3H3,(H,17,20)(H,18,19). The summed E-state index contributed by atoms with van der Waals surface area (Å²) in [6.07, 6.45) is -0.202. The number of benzene rings is 1. The second-order valence-electron chi connectivity index (χ2n) is 5.73. The van der Waals surface area contributed by atoms with Crippen molar-refractivity contribution in [2.75, 3.05) is 5.73 Å². The van der Waals surface area contributed by atoms with E-state index in [1.165, 1.54) is 12.1 Å². The Morgan fingerprint density at radius 2 is 2.00 bits per heavy atom. The summed E-state index contributed by atoms with van der Waals surface area (Å²) in [5.74, 6) is -2.21. The van der Waals surface area contributed by atoms with Crippen LogP contribution in [0.4, 0.5) is 10.1 Å². The monoisotopic (exact) mass is 282 g/mol. The van der Waals surface area contributed by atoms with Gasteiger partial charge >= 0.3 is 5.97 Å². The van der Waals surface area contributed by atoms with Crippen molar-refractivity contribution in [3.05, 3.63) is 29.6 Å². The van der Waals surface area contributed by atoms with Crippen LogP contribution in [0.5, 0.6) is 0 Å². The highest BCUT2D eigenvalue weighted by atomic mass is 19.1. The molecule has 20 heavy (non-hydrogen) atoms. The molecule has 0 aromatic heterocycles. The van der Waals surface area contributed by atoms with Crippen molar-refractivity contribution in [2.45, 2.75) is 33.2 Å². The van der Waals surface area contributed by atoms with Crippen LogP contribution in [0.1, 0.15) is 37.6 Å². The highest BCUT2D eigenvalue weighted by Crippen LogP contribution is 2.22. The molecule has 0 bridgehead atoms. The Morgan fingerprint density at radius 1 is 1.40 bits per heavy atom. The van der Waals surface area contributed by atoms with Crippen LogP contribution in [-0.4, -0.2) is 23.0 Å². The summed E-state index contributed by atoms with van der Waals surface area (Å²) in [4.78, 5) is 22.9. The zero-order chi connectivity index (χ0) is 15.5. The number of amides is 1. The average Bonchev–Trinajstić information content (AvgIpc) is 2.30. The number of hydrogen-bond donors (Lipinski definition) is 3. The molecule has 0 aliphatic rings. The number of carbonyl (C=O) groups is 2. The van der Waals surface area contributed by atoms with Gasteiger partial charge < -0.3 is 16.2 Å². The Balaban J connectivity index is 2.90. The zero-order valence-electron chi connectivity index (χ0n) is 11.7. The Kier molecular flexibility index (Phi) is 4.70. The number of carboxylic acid groups (broad SMARTS) is 1. The van der Waals surface area contributed by atoms with Gasteiger partial charge in [-0.2, -0.15) is 0 Å². The molecule has 110 valence electrons. The normalized spacial score (nSPS) is 12.8. The number of nitrogens with two attached hydrogens (primary N) is 1. The van der Waals surface area contributed by atoms with Crippen LogP contribution in [-0.2, 0) is 4.79 Å². The highest BCUT2D eigenvalue weighted by Gasteiger charge is 2.28. The van der Waals surface area contributed by atoms with Gasteiger partial charge in [0.1, 0.15) is 5.82 Å². The number of nitrogens with one attached hydrogen (secondary N) is 1. The minimum Gasteiger partial charge on any atom is -0.481 e. The van der Waals surface area contributed by atoms with E-state index in [4.69, 9.17) is 10.8 Å². The van der Waals surface area contributed by atoms with Crippen LogP contribution in [0.2, 0.25) is 0 Å². The Morgan fingerprint density at radius 3 is 2.45 bits per heavy atom. The van der Waals surface area contributed by atoms with E-state index in [2.05, 4.69) is 5.32 Å². The topological polar surface area (TPSA) is 92.4 Å². The molecule has 1 amide bonds. The van der Waals surface area contributed by atoms with Crippen molar-refractivity contribution < 1.29 is 19.1 Å². The van der Waals surface area contributed by atoms with Crippen molar-refractivity contribution in [3.63, 3.8) is 0 Å². The molecular weight excluding hydrogens is 263 g/mol. The number of rotatable bonds is 4. The Bertz CT molecular complexity index is 524. The fourth-order valence-electron chi connectivity index (χ4n) is 1.66. The molecular formula is C14H19FN2O3. The second-order valence-corrected chi connectivity index (χ2v) is 5.73. The predicted molar refractivity (Wildman–Crippen MR) is 73.8 cm³/mol. The summed E-state index contributed by atoms with van der Waals surface area (Å²) in [6.45, 7) is 5.47. The Hall–Kier alpha value is -2.11. The van der Waals surface area contributed by atoms with E-state index in [-0.39, 0.29) is 17.7 Å². The van der Waals surface area contributed by atoms with Gasteiger partial charge in [0, 0.05) is 11.6 Å². The molecule has 1 aromatic rings. The van der Waals surface area contributed by atoms with E-state index in [9.17, 15) is 14.0 Å². The summed E-state index contributed by atoms with van der Waals surface area (Å²) in [7, 11) is 0. The fraction of sp³-hybridized carbons (Fsp3) is 0.429. The number of hydrogen-bond acceptors (Lipinski definition) is 3. The largest absolute Gasteiger partial charge is 0.481 e. The molecule has 0 aliphatic heterocycles. The lowest BCUT2D eigenvalue weighted by Crippen LogP contribution is -2.45. The summed E-state index contributed by atoms with van der Waals surface area (Å²) in [5, 5.41) is 11.5. The van der Waals surface area contributed by atoms with Crippen molar-refractivity contribution >= 4 is 17.6 Å². The maximum Gasteiger partial charge on any atom is 0.305 e. The molecule has 0 saturated heterocycles. The molecule has 5 nitrogen and oxygen atoms in total. The van der Waals surface area contributed by atoms with Crippen molar-refractivity contribution in [1.29, 1.82) is 0 Å². The molecule has 6 heteroatoms. The molecule has 0 fully saturated rings. The number of carbonyl (C=O) groups excluding carboxylic acids is 1. The maximum atomic E-state index is 13.3. The van der Waals surface area contributed by atoms with Crippen molar-refractivity contribution in [1.82, 2.24) is 5.32 Å². The summed E-state index contributed by atoms with van der Waals surface area (Å²) in [5.41, 5.74) is 4.98. The zero-order valence-corrected chi connectivity index (χ0v) is 11.7. The van der Waals surface area contributed by atoms with Gasteiger partial charge in [-0.1, -0.05) is 20.8 Å². The molecule has 0 aliphatic carbocycles. The third-order valence-electron chi connectivity index (χ3n) is 2.99. The predicted octanol–water partition coefficient (Wildman–Crippen LogP) is 2.03. The molecule has 1 atom stereocenters. The smallest absolute Gasteiger partial charge is 0.305 e. The number of carboxylic acids is 1. The quantitative estimate of drug-likeness (QED) is 0.737. The SMILES string of the molecule is CC(C)(C)C(CC(=O)O)NC(=O)c1ccc(N)c(F)c1. The van der Waals surface area contributed by atoms with E-state index in [0.717, 1.165) is 6.07 Å². The molecule has 0 saturated carbocycles. The van der Waals surface area contributed by atoms with Gasteiger partial charge in [-0.05, 0) is 23.6 Å². The summed E-state index contributed by atoms with van der Waals surface area (Å²) >= 11 is 0. The van der Waals surface area contributed by atoms with Gasteiger partial charge in [-0.25, -0.2) is 4.39 Å². The van der Waals surface area contributed by atoms with Gasteiger partial charge in [0.2, 0.25) is 0 Å². The van der Waals surface area contributed by atoms with Crippen LogP contribution in [0, 0.1) is 11.2 Å². The van der Waals surface area contributed by atoms with Crippen LogP contribution in [0.25, 0.3) is 0 Å². The molecule has 1 aromatic carbocycles. The van der Waals surface area contributed by atoms with Gasteiger partial charge in [0.25, 0.3) is 5.91 Å². The number of nitrogen functional groups attached to an aromatic ring is 1. The molecule has 4 N–H and O–H groups in total.